The molecule has 0 aromatic heterocycles. The van der Waals surface area contributed by atoms with Gasteiger partial charge in [0.2, 0.25) is 5.91 Å². The minimum absolute atomic E-state index is 0.0765. The maximum absolute atomic E-state index is 12.2. The summed E-state index contributed by atoms with van der Waals surface area (Å²) in [6, 6.07) is 17.3. The number of esters is 1. The lowest BCUT2D eigenvalue weighted by molar-refractivity contribution is -0.142. The topological polar surface area (TPSA) is 79.8 Å². The highest BCUT2D eigenvalue weighted by atomic mass is 32.2. The van der Waals surface area contributed by atoms with Gasteiger partial charge in [0, 0.05) is 12.2 Å². The van der Waals surface area contributed by atoms with E-state index in [4.69, 9.17) is 4.74 Å². The molecule has 0 spiro atoms. The molecule has 7 heteroatoms. The average Bonchev–Trinajstić information content (AvgIpc) is 2.90. The molecule has 0 atom stereocenters. The number of benzene rings is 2. The molecule has 0 saturated heterocycles. The molecule has 0 bridgehead atoms. The number of carbonyl (C=O) groups excluding carboxylic acids is 2. The van der Waals surface area contributed by atoms with Crippen LogP contribution in [-0.4, -0.2) is 29.3 Å². The Bertz CT molecular complexity index is 926. The number of anilines is 1. The summed E-state index contributed by atoms with van der Waals surface area (Å²) in [4.78, 5) is 28.8. The van der Waals surface area contributed by atoms with Crippen molar-refractivity contribution in [1.29, 1.82) is 0 Å². The van der Waals surface area contributed by atoms with Gasteiger partial charge >= 0.3 is 5.97 Å². The Hall–Kier alpha value is -3.06. The third kappa shape index (κ3) is 6.50. The van der Waals surface area contributed by atoms with Gasteiger partial charge < -0.3 is 15.4 Å². The molecule has 0 unspecified atom stereocenters. The first-order valence-electron chi connectivity index (χ1n) is 9.38. The quantitative estimate of drug-likeness (QED) is 0.675. The molecule has 0 aliphatic carbocycles. The minimum atomic E-state index is -0.310. The summed E-state index contributed by atoms with van der Waals surface area (Å²) in [5.74, 6) is -0.153. The van der Waals surface area contributed by atoms with Gasteiger partial charge in [0.05, 0.1) is 35.2 Å². The Kier molecular flexibility index (Phi) is 7.47. The largest absolute Gasteiger partial charge is 0.466 e. The van der Waals surface area contributed by atoms with Crippen LogP contribution in [0.2, 0.25) is 0 Å². The van der Waals surface area contributed by atoms with E-state index in [1.165, 1.54) is 11.8 Å². The van der Waals surface area contributed by atoms with Gasteiger partial charge in [-0.3, -0.25) is 9.59 Å². The number of para-hydroxylation sites is 2. The molecule has 1 aliphatic rings. The molecule has 1 heterocycles. The number of hydrogen-bond acceptors (Lipinski definition) is 6. The van der Waals surface area contributed by atoms with E-state index in [9.17, 15) is 9.59 Å². The lowest BCUT2D eigenvalue weighted by Gasteiger charge is -2.10. The summed E-state index contributed by atoms with van der Waals surface area (Å²) in [5, 5.41) is 6.82. The number of aliphatic imine (C=N–C) groups is 1. The van der Waals surface area contributed by atoms with E-state index in [1.54, 1.807) is 13.0 Å². The highest BCUT2D eigenvalue weighted by molar-refractivity contribution is 8.14. The molecule has 3 rings (SSSR count). The Morgan fingerprint density at radius 2 is 1.86 bits per heavy atom. The van der Waals surface area contributed by atoms with Crippen molar-refractivity contribution < 1.29 is 14.3 Å². The number of hydrogen-bond donors (Lipinski definition) is 2. The number of ether oxygens (including phenoxy) is 1. The number of fused-ring (bicyclic) bond motifs is 1. The maximum Gasteiger partial charge on any atom is 0.311 e. The fourth-order valence-corrected chi connectivity index (χ4v) is 3.48. The minimum Gasteiger partial charge on any atom is -0.466 e. The van der Waals surface area contributed by atoms with Crippen LogP contribution >= 0.6 is 11.8 Å². The van der Waals surface area contributed by atoms with Gasteiger partial charge in [0.15, 0.2) is 0 Å². The van der Waals surface area contributed by atoms with Crippen LogP contribution in [-0.2, 0) is 20.9 Å². The predicted molar refractivity (Wildman–Crippen MR) is 117 cm³/mol. The molecule has 2 aromatic carbocycles. The fraction of sp³-hybridized carbons (Fsp3) is 0.227. The zero-order valence-electron chi connectivity index (χ0n) is 16.2. The molecule has 0 fully saturated rings. The molecule has 1 amide bonds. The summed E-state index contributed by atoms with van der Waals surface area (Å²) in [5.41, 5.74) is 3.30. The number of carbonyl (C=O) groups is 2. The van der Waals surface area contributed by atoms with E-state index in [2.05, 4.69) is 15.6 Å². The van der Waals surface area contributed by atoms with Gasteiger partial charge in [0.25, 0.3) is 0 Å². The number of nitrogens with zero attached hydrogens (tertiary/aromatic N) is 1. The zero-order chi connectivity index (χ0) is 20.5. The van der Waals surface area contributed by atoms with Crippen LogP contribution in [0, 0.1) is 0 Å². The van der Waals surface area contributed by atoms with Crippen molar-refractivity contribution in [1.82, 2.24) is 5.32 Å². The van der Waals surface area contributed by atoms with E-state index in [1.807, 2.05) is 54.6 Å². The third-order valence-electron chi connectivity index (χ3n) is 4.05. The van der Waals surface area contributed by atoms with E-state index in [-0.39, 0.29) is 24.1 Å². The zero-order valence-corrected chi connectivity index (χ0v) is 17.0. The van der Waals surface area contributed by atoms with Crippen molar-refractivity contribution in [3.8, 4) is 0 Å². The van der Waals surface area contributed by atoms with Crippen molar-refractivity contribution in [3.63, 3.8) is 0 Å². The van der Waals surface area contributed by atoms with Gasteiger partial charge in [-0.1, -0.05) is 54.2 Å². The average molecular weight is 410 g/mol. The van der Waals surface area contributed by atoms with E-state index < -0.39 is 0 Å². The van der Waals surface area contributed by atoms with Gasteiger partial charge in [-0.25, -0.2) is 4.99 Å². The summed E-state index contributed by atoms with van der Waals surface area (Å²) < 4.78 is 5.05. The first-order chi connectivity index (χ1) is 14.1. The number of amides is 1. The second kappa shape index (κ2) is 10.5. The Balaban J connectivity index is 1.65. The second-order valence-electron chi connectivity index (χ2n) is 6.29. The van der Waals surface area contributed by atoms with Crippen molar-refractivity contribution >= 4 is 40.1 Å². The van der Waals surface area contributed by atoms with Crippen LogP contribution < -0.4 is 10.6 Å². The number of rotatable bonds is 7. The van der Waals surface area contributed by atoms with Crippen molar-refractivity contribution in [2.24, 2.45) is 4.99 Å². The van der Waals surface area contributed by atoms with Gasteiger partial charge in [-0.05, 0) is 30.7 Å². The predicted octanol–water partition coefficient (Wildman–Crippen LogP) is 4.03. The third-order valence-corrected chi connectivity index (χ3v) is 4.96. The first kappa shape index (κ1) is 20.7. The monoisotopic (exact) mass is 409 g/mol. The van der Waals surface area contributed by atoms with Gasteiger partial charge in [0.1, 0.15) is 0 Å². The maximum atomic E-state index is 12.2. The molecule has 0 radical (unpaired) electrons. The van der Waals surface area contributed by atoms with E-state index >= 15 is 0 Å². The van der Waals surface area contributed by atoms with Gasteiger partial charge in [-0.2, -0.15) is 0 Å². The van der Waals surface area contributed by atoms with Crippen LogP contribution in [0.25, 0.3) is 0 Å². The fourth-order valence-electron chi connectivity index (χ4n) is 2.71. The molecular weight excluding hydrogens is 386 g/mol. The van der Waals surface area contributed by atoms with Crippen LogP contribution in [0.5, 0.6) is 0 Å². The second-order valence-corrected chi connectivity index (χ2v) is 7.29. The molecule has 0 saturated carbocycles. The lowest BCUT2D eigenvalue weighted by Crippen LogP contribution is -2.25. The summed E-state index contributed by atoms with van der Waals surface area (Å²) in [6.45, 7) is 2.60. The van der Waals surface area contributed by atoms with Crippen molar-refractivity contribution in [2.45, 2.75) is 19.9 Å². The summed E-state index contributed by atoms with van der Waals surface area (Å²) >= 11 is 1.33. The standard InChI is InChI=1S/C22H23N3O3S/c1-2-28-22(27)13-17-12-21(25-19-11-7-6-10-18(19)24-17)29-15-20(26)23-14-16-8-4-3-5-9-16/h3-12,24H,2,13-15H2,1H3,(H,23,26). The van der Waals surface area contributed by atoms with Crippen LogP contribution in [0.15, 0.2) is 71.4 Å². The van der Waals surface area contributed by atoms with E-state index in [0.717, 1.165) is 16.9 Å². The molecule has 6 nitrogen and oxygen atoms in total. The SMILES string of the molecule is CCOC(=O)CC1=CC(SCC(=O)NCc2ccccc2)=Nc2ccccc2N1. The molecule has 2 aromatic rings. The van der Waals surface area contributed by atoms with Crippen LogP contribution in [0.3, 0.4) is 0 Å². The molecule has 2 N–H and O–H groups in total. The molecular formula is C22H23N3O3S. The Morgan fingerprint density at radius 3 is 2.66 bits per heavy atom. The molecule has 1 aliphatic heterocycles. The lowest BCUT2D eigenvalue weighted by atomic mass is 10.2. The smallest absolute Gasteiger partial charge is 0.311 e. The number of nitrogens with one attached hydrogen (secondary N) is 2. The normalized spacial score (nSPS) is 12.6. The number of thioether (sulfide) groups is 1. The van der Waals surface area contributed by atoms with Crippen molar-refractivity contribution in [3.05, 3.63) is 71.9 Å². The Labute approximate surface area is 174 Å². The van der Waals surface area contributed by atoms with Crippen LogP contribution in [0.4, 0.5) is 11.4 Å². The highest BCUT2D eigenvalue weighted by Gasteiger charge is 2.15. The van der Waals surface area contributed by atoms with Crippen LogP contribution in [0.1, 0.15) is 18.9 Å². The Morgan fingerprint density at radius 1 is 1.10 bits per heavy atom. The van der Waals surface area contributed by atoms with Crippen molar-refractivity contribution in [2.75, 3.05) is 17.7 Å². The summed E-state index contributed by atoms with van der Waals surface area (Å²) in [7, 11) is 0. The molecule has 150 valence electrons. The molecule has 29 heavy (non-hydrogen) atoms. The van der Waals surface area contributed by atoms with E-state index in [0.29, 0.717) is 23.9 Å². The highest BCUT2D eigenvalue weighted by Crippen LogP contribution is 2.31. The first-order valence-corrected chi connectivity index (χ1v) is 10.4. The summed E-state index contributed by atoms with van der Waals surface area (Å²) in [6.07, 6.45) is 1.91. The van der Waals surface area contributed by atoms with Gasteiger partial charge in [-0.15, -0.1) is 0 Å².